The summed E-state index contributed by atoms with van der Waals surface area (Å²) in [6.07, 6.45) is 2.63. The molecule has 0 spiro atoms. The number of likely N-dealkylation sites (tertiary alicyclic amines) is 1. The van der Waals surface area contributed by atoms with Crippen LogP contribution < -0.4 is 0 Å². The van der Waals surface area contributed by atoms with Gasteiger partial charge < -0.3 is 10.2 Å². The first-order chi connectivity index (χ1) is 12.9. The van der Waals surface area contributed by atoms with Crippen molar-refractivity contribution in [1.82, 2.24) is 4.90 Å². The monoisotopic (exact) mass is 383 g/mol. The van der Waals surface area contributed by atoms with E-state index in [0.29, 0.717) is 17.6 Å². The third-order valence-corrected chi connectivity index (χ3v) is 7.10. The number of hydrogen-bond acceptors (Lipinski definition) is 4. The molecule has 2 aliphatic rings. The number of phenols is 1. The van der Waals surface area contributed by atoms with Gasteiger partial charge >= 0.3 is 0 Å². The molecular weight excluding hydrogens is 354 g/mol. The maximum absolute atomic E-state index is 11.2. The third kappa shape index (κ3) is 4.50. The van der Waals surface area contributed by atoms with E-state index in [1.54, 1.807) is 12.1 Å². The summed E-state index contributed by atoms with van der Waals surface area (Å²) in [6, 6.07) is 14.1. The summed E-state index contributed by atoms with van der Waals surface area (Å²) < 4.78 is 0. The third-order valence-electron chi connectivity index (χ3n) is 6.00. The molecule has 3 nitrogen and oxygen atoms in total. The molecule has 1 saturated heterocycles. The highest BCUT2D eigenvalue weighted by molar-refractivity contribution is 7.99. The number of phenolic OH excluding ortho intramolecular Hbond substituents is 1. The molecule has 3 atom stereocenters. The summed E-state index contributed by atoms with van der Waals surface area (Å²) in [4.78, 5) is 3.71. The van der Waals surface area contributed by atoms with Gasteiger partial charge in [-0.15, -0.1) is 11.8 Å². The Morgan fingerprint density at radius 3 is 2.19 bits per heavy atom. The second-order valence-electron chi connectivity index (χ2n) is 8.63. The highest BCUT2D eigenvalue weighted by Crippen LogP contribution is 2.45. The van der Waals surface area contributed by atoms with Gasteiger partial charge in [0.1, 0.15) is 5.75 Å². The highest BCUT2D eigenvalue weighted by atomic mass is 32.2. The Hall–Kier alpha value is -1.49. The summed E-state index contributed by atoms with van der Waals surface area (Å²) in [5.41, 5.74) is 3.30. The number of hydrogen-bond donors (Lipinski definition) is 2. The summed E-state index contributed by atoms with van der Waals surface area (Å²) in [5, 5.41) is 20.6. The lowest BCUT2D eigenvalue weighted by Gasteiger charge is -2.26. The van der Waals surface area contributed by atoms with Crippen molar-refractivity contribution in [2.45, 2.75) is 43.6 Å². The highest BCUT2D eigenvalue weighted by Gasteiger charge is 2.47. The molecule has 0 radical (unpaired) electrons. The van der Waals surface area contributed by atoms with Gasteiger partial charge in [-0.3, -0.25) is 4.90 Å². The van der Waals surface area contributed by atoms with E-state index >= 15 is 0 Å². The van der Waals surface area contributed by atoms with Crippen LogP contribution in [-0.2, 0) is 6.42 Å². The van der Waals surface area contributed by atoms with Crippen molar-refractivity contribution >= 4 is 11.8 Å². The molecule has 2 N–H and O–H groups in total. The molecule has 27 heavy (non-hydrogen) atoms. The Morgan fingerprint density at radius 2 is 1.59 bits per heavy atom. The second kappa shape index (κ2) is 7.50. The number of thioether (sulfide) groups is 1. The molecule has 2 fully saturated rings. The maximum Gasteiger partial charge on any atom is 0.115 e. The molecular formula is C23H29NO2S. The van der Waals surface area contributed by atoms with Crippen molar-refractivity contribution in [2.24, 2.45) is 11.8 Å². The van der Waals surface area contributed by atoms with E-state index in [1.165, 1.54) is 21.6 Å². The number of aromatic hydroxyl groups is 1. The Kier molecular flexibility index (Phi) is 5.23. The summed E-state index contributed by atoms with van der Waals surface area (Å²) in [7, 11) is 0. The standard InChI is InChI=1S/C23H29NO2S/c1-16-7-17(2)9-18(8-16)10-23(26)11-19-13-24(14-20(19)12-23)15-27-22-5-3-21(25)4-6-22/h3-9,19-20,25-26H,10-15H2,1-2H3/t19-,20+,23?. The molecule has 1 aliphatic heterocycles. The maximum atomic E-state index is 11.2. The number of fused-ring (bicyclic) bond motifs is 1. The first-order valence-corrected chi connectivity index (χ1v) is 10.8. The number of nitrogens with zero attached hydrogens (tertiary/aromatic N) is 1. The Balaban J connectivity index is 1.31. The molecule has 1 aliphatic carbocycles. The van der Waals surface area contributed by atoms with E-state index in [4.69, 9.17) is 0 Å². The number of aliphatic hydroxyl groups is 1. The van der Waals surface area contributed by atoms with Crippen molar-refractivity contribution in [3.05, 3.63) is 59.2 Å². The van der Waals surface area contributed by atoms with Crippen molar-refractivity contribution in [2.75, 3.05) is 19.0 Å². The lowest BCUT2D eigenvalue weighted by Crippen LogP contribution is -2.32. The van der Waals surface area contributed by atoms with Crippen molar-refractivity contribution in [3.63, 3.8) is 0 Å². The smallest absolute Gasteiger partial charge is 0.115 e. The summed E-state index contributed by atoms with van der Waals surface area (Å²) >= 11 is 1.82. The number of benzene rings is 2. The van der Waals surface area contributed by atoms with E-state index in [-0.39, 0.29) is 0 Å². The van der Waals surface area contributed by atoms with Crippen molar-refractivity contribution < 1.29 is 10.2 Å². The first-order valence-electron chi connectivity index (χ1n) is 9.82. The SMILES string of the molecule is Cc1cc(C)cc(CC2(O)C[C@H]3CN(CSc4ccc(O)cc4)C[C@H]3C2)c1. The van der Waals surface area contributed by atoms with Crippen LogP contribution in [0, 0.1) is 25.7 Å². The van der Waals surface area contributed by atoms with Gasteiger partial charge in [-0.2, -0.15) is 0 Å². The van der Waals surface area contributed by atoms with Crippen LogP contribution in [0.5, 0.6) is 5.75 Å². The lowest BCUT2D eigenvalue weighted by molar-refractivity contribution is 0.0362. The molecule has 144 valence electrons. The zero-order chi connectivity index (χ0) is 19.0. The van der Waals surface area contributed by atoms with Crippen molar-refractivity contribution in [3.8, 4) is 5.75 Å². The topological polar surface area (TPSA) is 43.7 Å². The van der Waals surface area contributed by atoms with Gasteiger partial charge in [0.05, 0.1) is 5.60 Å². The van der Waals surface area contributed by atoms with E-state index in [2.05, 4.69) is 36.9 Å². The second-order valence-corrected chi connectivity index (χ2v) is 9.65. The van der Waals surface area contributed by atoms with Gasteiger partial charge in [0, 0.05) is 30.3 Å². The molecule has 4 heteroatoms. The van der Waals surface area contributed by atoms with E-state index in [9.17, 15) is 10.2 Å². The molecule has 4 rings (SSSR count). The lowest BCUT2D eigenvalue weighted by atomic mass is 9.90. The van der Waals surface area contributed by atoms with Crippen LogP contribution in [0.2, 0.25) is 0 Å². The molecule has 1 saturated carbocycles. The van der Waals surface area contributed by atoms with Crippen LogP contribution in [0.4, 0.5) is 0 Å². The van der Waals surface area contributed by atoms with Gasteiger partial charge in [-0.25, -0.2) is 0 Å². The fourth-order valence-corrected chi connectivity index (χ4v) is 5.94. The quantitative estimate of drug-likeness (QED) is 0.753. The van der Waals surface area contributed by atoms with Gasteiger partial charge in [0.15, 0.2) is 0 Å². The summed E-state index contributed by atoms with van der Waals surface area (Å²) in [5.74, 6) is 2.52. The molecule has 2 aromatic rings. The predicted octanol–water partition coefficient (Wildman–Crippen LogP) is 4.37. The zero-order valence-corrected chi connectivity index (χ0v) is 17.0. The average molecular weight is 384 g/mol. The van der Waals surface area contributed by atoms with Gasteiger partial charge in [-0.05, 0) is 68.4 Å². The van der Waals surface area contributed by atoms with Crippen LogP contribution in [0.1, 0.15) is 29.5 Å². The molecule has 0 amide bonds. The molecule has 1 heterocycles. The zero-order valence-electron chi connectivity index (χ0n) is 16.2. The number of aryl methyl sites for hydroxylation is 2. The fraction of sp³-hybridized carbons (Fsp3) is 0.478. The van der Waals surface area contributed by atoms with Crippen LogP contribution in [0.25, 0.3) is 0 Å². The first kappa shape index (κ1) is 18.9. The summed E-state index contributed by atoms with van der Waals surface area (Å²) in [6.45, 7) is 6.44. The van der Waals surface area contributed by atoms with Crippen molar-refractivity contribution in [1.29, 1.82) is 0 Å². The van der Waals surface area contributed by atoms with Gasteiger partial charge in [0.25, 0.3) is 0 Å². The van der Waals surface area contributed by atoms with Crippen LogP contribution >= 0.6 is 11.8 Å². The minimum Gasteiger partial charge on any atom is -0.508 e. The van der Waals surface area contributed by atoms with E-state index in [1.807, 2.05) is 23.9 Å². The number of rotatable bonds is 5. The average Bonchev–Trinajstić information content (AvgIpc) is 3.07. The molecule has 0 bridgehead atoms. The Morgan fingerprint density at radius 1 is 1.00 bits per heavy atom. The molecule has 1 unspecified atom stereocenters. The minimum atomic E-state index is -0.536. The van der Waals surface area contributed by atoms with E-state index in [0.717, 1.165) is 38.2 Å². The molecule has 0 aromatic heterocycles. The van der Waals surface area contributed by atoms with Crippen LogP contribution in [0.3, 0.4) is 0 Å². The van der Waals surface area contributed by atoms with Crippen LogP contribution in [-0.4, -0.2) is 39.7 Å². The largest absolute Gasteiger partial charge is 0.508 e. The normalized spacial score (nSPS) is 27.8. The van der Waals surface area contributed by atoms with Gasteiger partial charge in [-0.1, -0.05) is 29.3 Å². The fourth-order valence-electron chi connectivity index (χ4n) is 5.07. The van der Waals surface area contributed by atoms with E-state index < -0.39 is 5.60 Å². The Bertz CT molecular complexity index is 770. The predicted molar refractivity (Wildman–Crippen MR) is 111 cm³/mol. The van der Waals surface area contributed by atoms with Gasteiger partial charge in [0.2, 0.25) is 0 Å². The minimum absolute atomic E-state index is 0.318. The molecule has 2 aromatic carbocycles. The van der Waals surface area contributed by atoms with Crippen LogP contribution in [0.15, 0.2) is 47.4 Å². The Labute approximate surface area is 166 Å².